The maximum atomic E-state index is 13.4. The first-order valence-electron chi connectivity index (χ1n) is 8.39. The van der Waals surface area contributed by atoms with Crippen molar-refractivity contribution in [2.24, 2.45) is 0 Å². The van der Waals surface area contributed by atoms with E-state index in [2.05, 4.69) is 10.4 Å². The number of aromatic nitrogens is 3. The Labute approximate surface area is 150 Å². The molecule has 2 aromatic heterocycles. The number of hydrogen-bond donors (Lipinski definition) is 1. The molecule has 1 N–H and O–H groups in total. The molecule has 1 aliphatic rings. The lowest BCUT2D eigenvalue weighted by Gasteiger charge is -2.32. The minimum absolute atomic E-state index is 0.00758. The fourth-order valence-corrected chi connectivity index (χ4v) is 3.15. The molecule has 26 heavy (non-hydrogen) atoms. The first kappa shape index (κ1) is 16.3. The number of hydrazine groups is 1. The van der Waals surface area contributed by atoms with Gasteiger partial charge in [-0.05, 0) is 43.3 Å². The minimum Gasteiger partial charge on any atom is -0.279 e. The van der Waals surface area contributed by atoms with Crippen molar-refractivity contribution in [2.75, 3.05) is 12.0 Å². The predicted octanol–water partition coefficient (Wildman–Crippen LogP) is 3.50. The van der Waals surface area contributed by atoms with Gasteiger partial charge in [0.1, 0.15) is 11.5 Å². The van der Waals surface area contributed by atoms with Crippen LogP contribution in [0, 0.1) is 5.82 Å². The van der Waals surface area contributed by atoms with E-state index in [-0.39, 0.29) is 17.8 Å². The first-order valence-corrected chi connectivity index (χ1v) is 8.39. The van der Waals surface area contributed by atoms with Crippen LogP contribution in [-0.2, 0) is 4.79 Å². The second-order valence-corrected chi connectivity index (χ2v) is 6.33. The van der Waals surface area contributed by atoms with Gasteiger partial charge >= 0.3 is 0 Å². The van der Waals surface area contributed by atoms with Gasteiger partial charge in [0.25, 0.3) is 0 Å². The summed E-state index contributed by atoms with van der Waals surface area (Å²) in [5, 5.41) is 6.33. The smallest absolute Gasteiger partial charge is 0.237 e. The molecule has 4 rings (SSSR count). The van der Waals surface area contributed by atoms with Crippen LogP contribution in [-0.4, -0.2) is 32.2 Å². The SMILES string of the molecule is CC(=O)N1CC(C)n2nc(-c3ccc(F)cc3)c(-c3ccccn3)c2N1. The van der Waals surface area contributed by atoms with E-state index in [1.54, 1.807) is 23.3 Å². The van der Waals surface area contributed by atoms with Crippen molar-refractivity contribution in [3.63, 3.8) is 0 Å². The van der Waals surface area contributed by atoms with E-state index in [9.17, 15) is 9.18 Å². The molecule has 3 aromatic rings. The monoisotopic (exact) mass is 351 g/mol. The number of anilines is 1. The minimum atomic E-state index is -0.300. The molecule has 1 atom stereocenters. The number of pyridine rings is 1. The molecule has 1 amide bonds. The molecule has 1 aromatic carbocycles. The standard InChI is InChI=1S/C19H18FN5O/c1-12-11-24(13(2)26)23-19-17(16-5-3-4-10-21-16)18(22-25(12)19)14-6-8-15(20)9-7-14/h3-10,12,23H,11H2,1-2H3. The van der Waals surface area contributed by atoms with E-state index in [1.165, 1.54) is 19.1 Å². The summed E-state index contributed by atoms with van der Waals surface area (Å²) in [4.78, 5) is 16.3. The maximum Gasteiger partial charge on any atom is 0.237 e. The molecule has 6 nitrogen and oxygen atoms in total. The van der Waals surface area contributed by atoms with Crippen molar-refractivity contribution < 1.29 is 9.18 Å². The molecule has 1 unspecified atom stereocenters. The number of nitrogens with one attached hydrogen (secondary N) is 1. The zero-order valence-electron chi connectivity index (χ0n) is 14.5. The van der Waals surface area contributed by atoms with Crippen LogP contribution in [0.2, 0.25) is 0 Å². The molecule has 0 saturated heterocycles. The van der Waals surface area contributed by atoms with E-state index in [1.807, 2.05) is 29.8 Å². The lowest BCUT2D eigenvalue weighted by atomic mass is 10.0. The highest BCUT2D eigenvalue weighted by Crippen LogP contribution is 2.40. The van der Waals surface area contributed by atoms with Gasteiger partial charge in [-0.25, -0.2) is 9.07 Å². The fraction of sp³-hybridized carbons (Fsp3) is 0.211. The van der Waals surface area contributed by atoms with Gasteiger partial charge in [-0.15, -0.1) is 0 Å². The van der Waals surface area contributed by atoms with Crippen LogP contribution in [0.5, 0.6) is 0 Å². The van der Waals surface area contributed by atoms with E-state index in [0.717, 1.165) is 16.8 Å². The number of fused-ring (bicyclic) bond motifs is 1. The van der Waals surface area contributed by atoms with Crippen LogP contribution < -0.4 is 5.43 Å². The van der Waals surface area contributed by atoms with Crippen LogP contribution in [0.25, 0.3) is 22.5 Å². The predicted molar refractivity (Wildman–Crippen MR) is 96.6 cm³/mol. The topological polar surface area (TPSA) is 63.1 Å². The Kier molecular flexibility index (Phi) is 3.91. The average molecular weight is 351 g/mol. The largest absolute Gasteiger partial charge is 0.279 e. The Morgan fingerprint density at radius 1 is 1.23 bits per heavy atom. The van der Waals surface area contributed by atoms with Crippen LogP contribution in [0.4, 0.5) is 10.2 Å². The molecule has 0 bridgehead atoms. The maximum absolute atomic E-state index is 13.4. The van der Waals surface area contributed by atoms with Gasteiger partial charge in [0.2, 0.25) is 5.91 Å². The number of hydrogen-bond acceptors (Lipinski definition) is 4. The van der Waals surface area contributed by atoms with Crippen molar-refractivity contribution in [1.29, 1.82) is 0 Å². The highest BCUT2D eigenvalue weighted by atomic mass is 19.1. The number of amides is 1. The van der Waals surface area contributed by atoms with Gasteiger partial charge in [0.05, 0.1) is 23.8 Å². The molecule has 0 saturated carbocycles. The van der Waals surface area contributed by atoms with Crippen LogP contribution in [0.15, 0.2) is 48.7 Å². The molecular formula is C19H18FN5O. The summed E-state index contributed by atoms with van der Waals surface area (Å²) in [6, 6.07) is 11.8. The molecule has 1 aliphatic heterocycles. The summed E-state index contributed by atoms with van der Waals surface area (Å²) >= 11 is 0. The highest BCUT2D eigenvalue weighted by molar-refractivity contribution is 5.88. The summed E-state index contributed by atoms with van der Waals surface area (Å²) in [6.07, 6.45) is 1.71. The summed E-state index contributed by atoms with van der Waals surface area (Å²) in [5.74, 6) is 0.336. The van der Waals surface area contributed by atoms with Crippen molar-refractivity contribution in [2.45, 2.75) is 19.9 Å². The van der Waals surface area contributed by atoms with Crippen LogP contribution >= 0.6 is 0 Å². The van der Waals surface area contributed by atoms with Gasteiger partial charge in [-0.3, -0.25) is 20.2 Å². The highest BCUT2D eigenvalue weighted by Gasteiger charge is 2.30. The normalized spacial score (nSPS) is 16.1. The van der Waals surface area contributed by atoms with E-state index in [4.69, 9.17) is 5.10 Å². The van der Waals surface area contributed by atoms with Gasteiger partial charge < -0.3 is 0 Å². The number of nitrogens with zero attached hydrogens (tertiary/aromatic N) is 4. The quantitative estimate of drug-likeness (QED) is 0.767. The Bertz CT molecular complexity index is 952. The summed E-state index contributed by atoms with van der Waals surface area (Å²) in [5.41, 5.74) is 6.17. The van der Waals surface area contributed by atoms with Crippen LogP contribution in [0.3, 0.4) is 0 Å². The average Bonchev–Trinajstić information content (AvgIpc) is 3.03. The zero-order valence-corrected chi connectivity index (χ0v) is 14.5. The van der Waals surface area contributed by atoms with Crippen molar-refractivity contribution >= 4 is 11.7 Å². The lowest BCUT2D eigenvalue weighted by molar-refractivity contribution is -0.128. The van der Waals surface area contributed by atoms with Crippen molar-refractivity contribution in [3.05, 3.63) is 54.5 Å². The number of benzene rings is 1. The number of carbonyl (C=O) groups excluding carboxylic acids is 1. The molecule has 0 radical (unpaired) electrons. The van der Waals surface area contributed by atoms with Gasteiger partial charge in [-0.1, -0.05) is 6.07 Å². The van der Waals surface area contributed by atoms with Gasteiger partial charge in [-0.2, -0.15) is 5.10 Å². The third-order valence-electron chi connectivity index (χ3n) is 4.43. The summed E-state index contributed by atoms with van der Waals surface area (Å²) in [6.45, 7) is 4.03. The Hall–Kier alpha value is -3.22. The Balaban J connectivity index is 1.94. The molecule has 0 fully saturated rings. The van der Waals surface area contributed by atoms with E-state index >= 15 is 0 Å². The molecule has 7 heteroatoms. The van der Waals surface area contributed by atoms with Crippen molar-refractivity contribution in [3.8, 4) is 22.5 Å². The molecule has 132 valence electrons. The number of halogens is 1. The second kappa shape index (κ2) is 6.25. The molecule has 0 spiro atoms. The summed E-state index contributed by atoms with van der Waals surface area (Å²) in [7, 11) is 0. The lowest BCUT2D eigenvalue weighted by Crippen LogP contribution is -2.43. The van der Waals surface area contributed by atoms with Gasteiger partial charge in [0.15, 0.2) is 5.82 Å². The molecule has 3 heterocycles. The zero-order chi connectivity index (χ0) is 18.3. The van der Waals surface area contributed by atoms with Gasteiger partial charge in [0, 0.05) is 18.7 Å². The third kappa shape index (κ3) is 2.71. The van der Waals surface area contributed by atoms with Crippen molar-refractivity contribution in [1.82, 2.24) is 19.8 Å². The van der Waals surface area contributed by atoms with E-state index < -0.39 is 0 Å². The fourth-order valence-electron chi connectivity index (χ4n) is 3.15. The van der Waals surface area contributed by atoms with Crippen LogP contribution in [0.1, 0.15) is 19.9 Å². The Morgan fingerprint density at radius 2 is 2.00 bits per heavy atom. The molecule has 0 aliphatic carbocycles. The van der Waals surface area contributed by atoms with E-state index in [0.29, 0.717) is 18.1 Å². The molecular weight excluding hydrogens is 333 g/mol. The second-order valence-electron chi connectivity index (χ2n) is 6.33. The third-order valence-corrected chi connectivity index (χ3v) is 4.43. The first-order chi connectivity index (χ1) is 12.5. The number of carbonyl (C=O) groups is 1. The summed E-state index contributed by atoms with van der Waals surface area (Å²) < 4.78 is 15.2. The Morgan fingerprint density at radius 3 is 2.65 bits per heavy atom. The number of rotatable bonds is 2.